The Morgan fingerprint density at radius 1 is 0.931 bits per heavy atom. The van der Waals surface area contributed by atoms with E-state index in [2.05, 4.69) is 15.9 Å². The minimum absolute atomic E-state index is 0.288. The maximum Gasteiger partial charge on any atom is 0.264 e. The van der Waals surface area contributed by atoms with Crippen molar-refractivity contribution in [2.24, 2.45) is 0 Å². The molecule has 1 heterocycles. The third kappa shape index (κ3) is 4.02. The summed E-state index contributed by atoms with van der Waals surface area (Å²) in [6.45, 7) is 3.89. The second-order valence-corrected chi connectivity index (χ2v) is 11.0. The van der Waals surface area contributed by atoms with Crippen molar-refractivity contribution in [3.05, 3.63) is 105 Å². The molecule has 29 heavy (non-hydrogen) atoms. The van der Waals surface area contributed by atoms with Crippen molar-refractivity contribution >= 4 is 37.7 Å². The average molecular weight is 486 g/mol. The first-order chi connectivity index (χ1) is 13.9. The van der Waals surface area contributed by atoms with E-state index in [-0.39, 0.29) is 4.90 Å². The number of hydrogen-bond donors (Lipinski definition) is 0. The molecule has 0 N–H and O–H groups in total. The summed E-state index contributed by atoms with van der Waals surface area (Å²) in [5.41, 5.74) is 2.91. The molecule has 1 aliphatic rings. The van der Waals surface area contributed by atoms with Crippen molar-refractivity contribution in [3.63, 3.8) is 0 Å². The van der Waals surface area contributed by atoms with Crippen LogP contribution in [-0.4, -0.2) is 12.7 Å². The zero-order chi connectivity index (χ0) is 20.6. The van der Waals surface area contributed by atoms with Gasteiger partial charge in [-0.15, -0.1) is 0 Å². The quantitative estimate of drug-likeness (QED) is 0.424. The maximum atomic E-state index is 13.7. The van der Waals surface area contributed by atoms with Crippen molar-refractivity contribution in [2.75, 3.05) is 0 Å². The fraction of sp³-hybridized carbons (Fsp3) is 0.130. The molecule has 0 saturated carbocycles. The normalized spacial score (nSPS) is 16.7. The van der Waals surface area contributed by atoms with Crippen LogP contribution >= 0.6 is 27.7 Å². The lowest BCUT2D eigenvalue weighted by molar-refractivity contribution is 0.446. The van der Waals surface area contributed by atoms with E-state index in [9.17, 15) is 8.42 Å². The van der Waals surface area contributed by atoms with Crippen LogP contribution in [-0.2, 0) is 10.0 Å². The smallest absolute Gasteiger partial charge is 0.261 e. The summed E-state index contributed by atoms with van der Waals surface area (Å²) >= 11 is 5.13. The number of thioether (sulfide) groups is 1. The minimum atomic E-state index is -3.76. The van der Waals surface area contributed by atoms with Crippen LogP contribution in [0.5, 0.6) is 0 Å². The first-order valence-electron chi connectivity index (χ1n) is 9.17. The van der Waals surface area contributed by atoms with E-state index in [0.29, 0.717) is 0 Å². The highest BCUT2D eigenvalue weighted by atomic mass is 79.9. The Bertz CT molecular complexity index is 1190. The summed E-state index contributed by atoms with van der Waals surface area (Å²) in [7, 11) is -3.76. The minimum Gasteiger partial charge on any atom is -0.261 e. The number of sulfonamides is 1. The van der Waals surface area contributed by atoms with Crippen LogP contribution in [0.4, 0.5) is 0 Å². The fourth-order valence-corrected chi connectivity index (χ4v) is 6.41. The molecular weight excluding hydrogens is 466 g/mol. The Kier molecular flexibility index (Phi) is 5.60. The third-order valence-electron chi connectivity index (χ3n) is 4.81. The van der Waals surface area contributed by atoms with Crippen LogP contribution in [0.15, 0.2) is 98.2 Å². The monoisotopic (exact) mass is 485 g/mol. The fourth-order valence-electron chi connectivity index (χ4n) is 3.43. The van der Waals surface area contributed by atoms with Gasteiger partial charge >= 0.3 is 0 Å². The Morgan fingerprint density at radius 3 is 2.38 bits per heavy atom. The van der Waals surface area contributed by atoms with E-state index in [0.717, 1.165) is 31.0 Å². The molecular formula is C23H20BrNO2S2. The van der Waals surface area contributed by atoms with Gasteiger partial charge in [0.2, 0.25) is 0 Å². The lowest BCUT2D eigenvalue weighted by atomic mass is 9.99. The van der Waals surface area contributed by atoms with E-state index in [1.807, 2.05) is 74.5 Å². The number of halogens is 1. The van der Waals surface area contributed by atoms with E-state index in [1.54, 1.807) is 30.1 Å². The van der Waals surface area contributed by atoms with E-state index in [1.165, 1.54) is 4.31 Å². The summed E-state index contributed by atoms with van der Waals surface area (Å²) in [5.74, 6) is 0. The van der Waals surface area contributed by atoms with Gasteiger partial charge in [-0.1, -0.05) is 75.7 Å². The van der Waals surface area contributed by atoms with Gasteiger partial charge in [-0.2, -0.15) is 0 Å². The number of nitrogens with zero attached hydrogens (tertiary/aromatic N) is 1. The topological polar surface area (TPSA) is 37.4 Å². The number of fused-ring (bicyclic) bond motifs is 1. The molecule has 148 valence electrons. The van der Waals surface area contributed by atoms with Gasteiger partial charge in [0.15, 0.2) is 0 Å². The first-order valence-corrected chi connectivity index (χ1v) is 12.2. The predicted molar refractivity (Wildman–Crippen MR) is 122 cm³/mol. The maximum absolute atomic E-state index is 13.7. The van der Waals surface area contributed by atoms with Crippen LogP contribution in [0.3, 0.4) is 0 Å². The Morgan fingerprint density at radius 2 is 1.66 bits per heavy atom. The summed E-state index contributed by atoms with van der Waals surface area (Å²) < 4.78 is 29.9. The van der Waals surface area contributed by atoms with Gasteiger partial charge in [0.1, 0.15) is 0 Å². The molecule has 4 rings (SSSR count). The van der Waals surface area contributed by atoms with E-state index in [4.69, 9.17) is 0 Å². The van der Waals surface area contributed by atoms with E-state index >= 15 is 0 Å². The molecule has 0 fully saturated rings. The van der Waals surface area contributed by atoms with Crippen LogP contribution in [0, 0.1) is 6.92 Å². The molecule has 6 heteroatoms. The molecule has 0 spiro atoms. The summed E-state index contributed by atoms with van der Waals surface area (Å²) in [4.78, 5) is 2.27. The molecule has 3 nitrogen and oxygen atoms in total. The molecule has 3 aromatic carbocycles. The molecule has 0 aromatic heterocycles. The van der Waals surface area contributed by atoms with Crippen molar-refractivity contribution in [3.8, 4) is 0 Å². The molecule has 0 bridgehead atoms. The molecule has 1 aliphatic heterocycles. The molecule has 0 amide bonds. The Hall–Kier alpha value is -2.02. The zero-order valence-electron chi connectivity index (χ0n) is 16.0. The first kappa shape index (κ1) is 20.3. The van der Waals surface area contributed by atoms with Crippen LogP contribution in [0.2, 0.25) is 0 Å². The van der Waals surface area contributed by atoms with Crippen molar-refractivity contribution < 1.29 is 8.42 Å². The summed E-state index contributed by atoms with van der Waals surface area (Å²) in [5, 5.41) is 0. The van der Waals surface area contributed by atoms with Gasteiger partial charge in [0.05, 0.1) is 10.9 Å². The number of benzene rings is 3. The highest BCUT2D eigenvalue weighted by Crippen LogP contribution is 2.44. The van der Waals surface area contributed by atoms with Crippen LogP contribution < -0.4 is 0 Å². The van der Waals surface area contributed by atoms with E-state index < -0.39 is 16.1 Å². The van der Waals surface area contributed by atoms with Gasteiger partial charge < -0.3 is 0 Å². The van der Waals surface area contributed by atoms with Gasteiger partial charge in [0.25, 0.3) is 10.0 Å². The molecule has 0 radical (unpaired) electrons. The third-order valence-corrected chi connectivity index (χ3v) is 8.06. The number of aryl methyl sites for hydroxylation is 1. The second-order valence-electron chi connectivity index (χ2n) is 6.99. The van der Waals surface area contributed by atoms with Gasteiger partial charge in [-0.25, -0.2) is 8.42 Å². The highest BCUT2D eigenvalue weighted by molar-refractivity contribution is 9.10. The van der Waals surface area contributed by atoms with Crippen molar-refractivity contribution in [1.29, 1.82) is 0 Å². The Balaban J connectivity index is 1.96. The van der Waals surface area contributed by atoms with Crippen molar-refractivity contribution in [1.82, 2.24) is 4.31 Å². The average Bonchev–Trinajstić information content (AvgIpc) is 2.84. The number of allylic oxidation sites excluding steroid dienone is 1. The molecule has 0 unspecified atom stereocenters. The highest BCUT2D eigenvalue weighted by Gasteiger charge is 2.34. The van der Waals surface area contributed by atoms with Crippen LogP contribution in [0.25, 0.3) is 0 Å². The number of hydrogen-bond acceptors (Lipinski definition) is 3. The number of rotatable bonds is 3. The van der Waals surface area contributed by atoms with Gasteiger partial charge in [-0.3, -0.25) is 4.31 Å². The second kappa shape index (κ2) is 8.01. The molecule has 0 saturated heterocycles. The summed E-state index contributed by atoms with van der Waals surface area (Å²) in [6, 6.07) is 22.4. The lowest BCUT2D eigenvalue weighted by Crippen LogP contribution is -2.31. The summed E-state index contributed by atoms with van der Waals surface area (Å²) in [6.07, 6.45) is 1.76. The van der Waals surface area contributed by atoms with Gasteiger partial charge in [0, 0.05) is 20.5 Å². The molecule has 0 aliphatic carbocycles. The Labute approximate surface area is 184 Å². The molecule has 3 aromatic rings. The van der Waals surface area contributed by atoms with Crippen molar-refractivity contribution in [2.45, 2.75) is 29.7 Å². The molecule has 1 atom stereocenters. The van der Waals surface area contributed by atoms with Gasteiger partial charge in [-0.05, 0) is 55.3 Å². The zero-order valence-corrected chi connectivity index (χ0v) is 19.3. The SMILES string of the molecule is CC1=CN(S(=O)(=O)c2ccc(C)cc2)[C@H](c2cccc(Br)c2)c2ccccc2S1. The van der Waals surface area contributed by atoms with Crippen LogP contribution in [0.1, 0.15) is 29.7 Å². The lowest BCUT2D eigenvalue weighted by Gasteiger charge is -2.30. The largest absolute Gasteiger partial charge is 0.264 e. The predicted octanol–water partition coefficient (Wildman–Crippen LogP) is 6.50. The standard InChI is InChI=1S/C23H20BrNO2S2/c1-16-10-12-20(13-11-16)29(26,27)25-15-17(2)28-22-9-4-3-8-21(22)23(25)18-6-5-7-19(24)14-18/h3-15,23H,1-2H3/t23-/m1/s1.